The zero-order chi connectivity index (χ0) is 13.1. The van der Waals surface area contributed by atoms with Gasteiger partial charge in [-0.25, -0.2) is 4.79 Å². The Morgan fingerprint density at radius 2 is 2.22 bits per heavy atom. The first-order valence-electron chi connectivity index (χ1n) is 5.34. The van der Waals surface area contributed by atoms with Gasteiger partial charge in [-0.15, -0.1) is 11.3 Å². The van der Waals surface area contributed by atoms with Crippen molar-refractivity contribution in [2.75, 3.05) is 6.61 Å². The SMILES string of the molecule is CCOC(=O)c1cc(Br)c(-c2cccc(Cl)c2)s1. The van der Waals surface area contributed by atoms with E-state index in [2.05, 4.69) is 15.9 Å². The van der Waals surface area contributed by atoms with Crippen molar-refractivity contribution in [2.45, 2.75) is 6.92 Å². The Morgan fingerprint density at radius 1 is 1.44 bits per heavy atom. The van der Waals surface area contributed by atoms with Crippen LogP contribution in [0.4, 0.5) is 0 Å². The van der Waals surface area contributed by atoms with Crippen molar-refractivity contribution >= 4 is 44.8 Å². The summed E-state index contributed by atoms with van der Waals surface area (Å²) < 4.78 is 5.85. The molecule has 5 heteroatoms. The molecule has 0 saturated heterocycles. The van der Waals surface area contributed by atoms with Gasteiger partial charge in [0, 0.05) is 14.4 Å². The number of hydrogen-bond acceptors (Lipinski definition) is 3. The highest BCUT2D eigenvalue weighted by Gasteiger charge is 2.15. The van der Waals surface area contributed by atoms with E-state index >= 15 is 0 Å². The van der Waals surface area contributed by atoms with E-state index < -0.39 is 0 Å². The number of thiophene rings is 1. The van der Waals surface area contributed by atoms with E-state index in [1.165, 1.54) is 11.3 Å². The Hall–Kier alpha value is -0.840. The van der Waals surface area contributed by atoms with Crippen molar-refractivity contribution in [3.8, 4) is 10.4 Å². The molecule has 0 unspecified atom stereocenters. The van der Waals surface area contributed by atoms with Crippen LogP contribution in [0.2, 0.25) is 5.02 Å². The monoisotopic (exact) mass is 344 g/mol. The van der Waals surface area contributed by atoms with E-state index in [0.717, 1.165) is 14.9 Å². The summed E-state index contributed by atoms with van der Waals surface area (Å²) >= 11 is 10.8. The van der Waals surface area contributed by atoms with Crippen LogP contribution in [0.25, 0.3) is 10.4 Å². The molecule has 0 amide bonds. The molecule has 1 aromatic carbocycles. The van der Waals surface area contributed by atoms with Crippen LogP contribution in [0.5, 0.6) is 0 Å². The zero-order valence-electron chi connectivity index (χ0n) is 9.57. The Bertz CT molecular complexity index is 580. The summed E-state index contributed by atoms with van der Waals surface area (Å²) in [6.45, 7) is 2.17. The third kappa shape index (κ3) is 2.94. The number of carbonyl (C=O) groups excluding carboxylic acids is 1. The lowest BCUT2D eigenvalue weighted by atomic mass is 10.2. The molecule has 0 fully saturated rings. The molecular formula is C13H10BrClO2S. The van der Waals surface area contributed by atoms with Crippen molar-refractivity contribution in [2.24, 2.45) is 0 Å². The van der Waals surface area contributed by atoms with E-state index in [0.29, 0.717) is 16.5 Å². The van der Waals surface area contributed by atoms with Crippen molar-refractivity contribution < 1.29 is 9.53 Å². The lowest BCUT2D eigenvalue weighted by molar-refractivity contribution is 0.0532. The number of esters is 1. The highest BCUT2D eigenvalue weighted by Crippen LogP contribution is 2.37. The molecule has 0 aliphatic heterocycles. The van der Waals surface area contributed by atoms with Crippen LogP contribution < -0.4 is 0 Å². The maximum absolute atomic E-state index is 11.6. The summed E-state index contributed by atoms with van der Waals surface area (Å²) in [5.74, 6) is -0.295. The average Bonchev–Trinajstić information content (AvgIpc) is 2.72. The fraction of sp³-hybridized carbons (Fsp3) is 0.154. The van der Waals surface area contributed by atoms with Crippen LogP contribution in [-0.2, 0) is 4.74 Å². The molecule has 1 aromatic heterocycles. The Balaban J connectivity index is 2.38. The number of hydrogen-bond donors (Lipinski definition) is 0. The van der Waals surface area contributed by atoms with Crippen LogP contribution in [0.1, 0.15) is 16.6 Å². The largest absolute Gasteiger partial charge is 0.462 e. The predicted octanol–water partition coefficient (Wildman–Crippen LogP) is 5.01. The second-order valence-electron chi connectivity index (χ2n) is 3.52. The van der Waals surface area contributed by atoms with Crippen LogP contribution in [0.3, 0.4) is 0 Å². The minimum absolute atomic E-state index is 0.295. The molecule has 0 bridgehead atoms. The minimum Gasteiger partial charge on any atom is -0.462 e. The molecular weight excluding hydrogens is 336 g/mol. The molecule has 18 heavy (non-hydrogen) atoms. The lowest BCUT2D eigenvalue weighted by Crippen LogP contribution is -2.01. The Morgan fingerprint density at radius 3 is 2.89 bits per heavy atom. The molecule has 2 aromatic rings. The van der Waals surface area contributed by atoms with E-state index in [4.69, 9.17) is 16.3 Å². The highest BCUT2D eigenvalue weighted by molar-refractivity contribution is 9.10. The van der Waals surface area contributed by atoms with Crippen LogP contribution in [0.15, 0.2) is 34.8 Å². The summed E-state index contributed by atoms with van der Waals surface area (Å²) in [6.07, 6.45) is 0. The third-order valence-electron chi connectivity index (χ3n) is 2.25. The van der Waals surface area contributed by atoms with Crippen LogP contribution in [-0.4, -0.2) is 12.6 Å². The maximum atomic E-state index is 11.6. The molecule has 1 heterocycles. The van der Waals surface area contributed by atoms with Gasteiger partial charge in [-0.1, -0.05) is 23.7 Å². The highest BCUT2D eigenvalue weighted by atomic mass is 79.9. The van der Waals surface area contributed by atoms with Crippen molar-refractivity contribution in [1.82, 2.24) is 0 Å². The second-order valence-corrected chi connectivity index (χ2v) is 5.86. The topological polar surface area (TPSA) is 26.3 Å². The van der Waals surface area contributed by atoms with Gasteiger partial charge in [0.15, 0.2) is 0 Å². The summed E-state index contributed by atoms with van der Waals surface area (Å²) in [5, 5.41) is 0.672. The number of ether oxygens (including phenoxy) is 1. The standard InChI is InChI=1S/C13H10BrClO2S/c1-2-17-13(16)11-7-10(14)12(18-11)8-4-3-5-9(15)6-8/h3-7H,2H2,1H3. The molecule has 2 nitrogen and oxygen atoms in total. The molecule has 0 N–H and O–H groups in total. The van der Waals surface area contributed by atoms with Crippen LogP contribution in [0, 0.1) is 0 Å². The van der Waals surface area contributed by atoms with E-state index in [1.807, 2.05) is 24.3 Å². The smallest absolute Gasteiger partial charge is 0.348 e. The Labute approximate surface area is 123 Å². The second kappa shape index (κ2) is 5.87. The van der Waals surface area contributed by atoms with E-state index in [-0.39, 0.29) is 5.97 Å². The van der Waals surface area contributed by atoms with Crippen molar-refractivity contribution in [1.29, 1.82) is 0 Å². The maximum Gasteiger partial charge on any atom is 0.348 e. The normalized spacial score (nSPS) is 10.4. The molecule has 0 aliphatic carbocycles. The number of halogens is 2. The first-order chi connectivity index (χ1) is 8.61. The molecule has 0 radical (unpaired) electrons. The first-order valence-corrected chi connectivity index (χ1v) is 7.33. The van der Waals surface area contributed by atoms with Crippen molar-refractivity contribution in [3.05, 3.63) is 44.7 Å². The number of carbonyl (C=O) groups is 1. The van der Waals surface area contributed by atoms with Gasteiger partial charge < -0.3 is 4.74 Å². The summed E-state index contributed by atoms with van der Waals surface area (Å²) in [5.41, 5.74) is 0.981. The average molecular weight is 346 g/mol. The van der Waals surface area contributed by atoms with Gasteiger partial charge in [-0.2, -0.15) is 0 Å². The molecule has 0 atom stereocenters. The summed E-state index contributed by atoms with van der Waals surface area (Å²) in [7, 11) is 0. The first kappa shape index (κ1) is 13.6. The quantitative estimate of drug-likeness (QED) is 0.731. The van der Waals surface area contributed by atoms with Gasteiger partial charge in [0.2, 0.25) is 0 Å². The number of rotatable bonds is 3. The van der Waals surface area contributed by atoms with Gasteiger partial charge in [-0.3, -0.25) is 0 Å². The lowest BCUT2D eigenvalue weighted by Gasteiger charge is -1.99. The van der Waals surface area contributed by atoms with Crippen LogP contribution >= 0.6 is 38.9 Å². The fourth-order valence-corrected chi connectivity index (χ4v) is 3.48. The van der Waals surface area contributed by atoms with Gasteiger partial charge in [0.05, 0.1) is 6.61 Å². The zero-order valence-corrected chi connectivity index (χ0v) is 12.7. The van der Waals surface area contributed by atoms with E-state index in [1.54, 1.807) is 13.0 Å². The predicted molar refractivity (Wildman–Crippen MR) is 78.4 cm³/mol. The van der Waals surface area contributed by atoms with Gasteiger partial charge in [-0.05, 0) is 46.6 Å². The molecule has 2 rings (SSSR count). The number of benzene rings is 1. The van der Waals surface area contributed by atoms with Gasteiger partial charge in [0.1, 0.15) is 4.88 Å². The molecule has 94 valence electrons. The Kier molecular flexibility index (Phi) is 4.43. The molecule has 0 spiro atoms. The summed E-state index contributed by atoms with van der Waals surface area (Å²) in [6, 6.07) is 9.30. The molecule has 0 aliphatic rings. The van der Waals surface area contributed by atoms with Gasteiger partial charge >= 0.3 is 5.97 Å². The van der Waals surface area contributed by atoms with Crippen molar-refractivity contribution in [3.63, 3.8) is 0 Å². The molecule has 0 saturated carbocycles. The minimum atomic E-state index is -0.295. The summed E-state index contributed by atoms with van der Waals surface area (Å²) in [4.78, 5) is 13.2. The van der Waals surface area contributed by atoms with Gasteiger partial charge in [0.25, 0.3) is 0 Å². The fourth-order valence-electron chi connectivity index (χ4n) is 1.50. The van der Waals surface area contributed by atoms with E-state index in [9.17, 15) is 4.79 Å². The third-order valence-corrected chi connectivity index (χ3v) is 4.54.